The zero-order valence-corrected chi connectivity index (χ0v) is 16.4. The summed E-state index contributed by atoms with van der Waals surface area (Å²) in [5, 5.41) is 16.0. The van der Waals surface area contributed by atoms with Crippen molar-refractivity contribution in [2.24, 2.45) is 0 Å². The number of phenols is 1. The van der Waals surface area contributed by atoms with Crippen molar-refractivity contribution in [2.75, 3.05) is 20.7 Å². The molecule has 0 aliphatic rings. The predicted octanol–water partition coefficient (Wildman–Crippen LogP) is 2.45. The zero-order chi connectivity index (χ0) is 20.4. The number of hydrogen-bond donors (Lipinski definition) is 3. The maximum absolute atomic E-state index is 12.6. The number of carbonyl (C=O) groups excluding carboxylic acids is 2. The molecule has 28 heavy (non-hydrogen) atoms. The highest BCUT2D eigenvalue weighted by Gasteiger charge is 2.23. The van der Waals surface area contributed by atoms with E-state index in [-0.39, 0.29) is 11.3 Å². The van der Waals surface area contributed by atoms with Crippen molar-refractivity contribution in [3.8, 4) is 5.75 Å². The minimum atomic E-state index is -0.833. The Morgan fingerprint density at radius 2 is 1.82 bits per heavy atom. The van der Waals surface area contributed by atoms with Gasteiger partial charge in [0.1, 0.15) is 11.8 Å². The van der Waals surface area contributed by atoms with E-state index in [0.717, 1.165) is 36.9 Å². The van der Waals surface area contributed by atoms with Crippen LogP contribution in [0.15, 0.2) is 48.5 Å². The standard InChI is InChI=1S/C22H28N2O4/c1-23-13-7-6-10-17-11-12-18(20(25)15-17)21(26)24-19(22(27)28-2)14-16-8-4-3-5-9-16/h3-5,8-9,11-12,15,19,23,25H,6-7,10,13-14H2,1-2H3,(H,24,26). The van der Waals surface area contributed by atoms with Crippen molar-refractivity contribution in [3.05, 3.63) is 65.2 Å². The molecule has 6 heteroatoms. The second-order valence-electron chi connectivity index (χ2n) is 6.65. The lowest BCUT2D eigenvalue weighted by atomic mass is 10.0. The third-order valence-electron chi connectivity index (χ3n) is 4.52. The molecular weight excluding hydrogens is 356 g/mol. The van der Waals surface area contributed by atoms with E-state index in [9.17, 15) is 14.7 Å². The number of rotatable bonds is 10. The SMILES string of the molecule is CNCCCCc1ccc(C(=O)NC(Cc2ccccc2)C(=O)OC)c(O)c1. The molecule has 1 atom stereocenters. The first-order valence-electron chi connectivity index (χ1n) is 9.44. The lowest BCUT2D eigenvalue weighted by molar-refractivity contribution is -0.142. The van der Waals surface area contributed by atoms with Crippen LogP contribution in [0.2, 0.25) is 0 Å². The monoisotopic (exact) mass is 384 g/mol. The largest absolute Gasteiger partial charge is 0.507 e. The number of amides is 1. The van der Waals surface area contributed by atoms with E-state index < -0.39 is 17.9 Å². The lowest BCUT2D eigenvalue weighted by Gasteiger charge is -2.17. The summed E-state index contributed by atoms with van der Waals surface area (Å²) in [5.41, 5.74) is 2.01. The summed E-state index contributed by atoms with van der Waals surface area (Å²) in [4.78, 5) is 24.7. The van der Waals surface area contributed by atoms with Gasteiger partial charge in [-0.05, 0) is 56.1 Å². The van der Waals surface area contributed by atoms with Crippen molar-refractivity contribution in [1.82, 2.24) is 10.6 Å². The Kier molecular flexibility index (Phi) is 8.49. The van der Waals surface area contributed by atoms with Gasteiger partial charge < -0.3 is 20.5 Å². The molecule has 0 heterocycles. The van der Waals surface area contributed by atoms with Crippen molar-refractivity contribution in [2.45, 2.75) is 31.7 Å². The number of methoxy groups -OCH3 is 1. The number of esters is 1. The highest BCUT2D eigenvalue weighted by atomic mass is 16.5. The topological polar surface area (TPSA) is 87.7 Å². The van der Waals surface area contributed by atoms with Crippen molar-refractivity contribution >= 4 is 11.9 Å². The van der Waals surface area contributed by atoms with Crippen molar-refractivity contribution in [3.63, 3.8) is 0 Å². The molecule has 2 aromatic carbocycles. The molecule has 0 saturated heterocycles. The summed E-state index contributed by atoms with van der Waals surface area (Å²) in [6, 6.07) is 13.6. The number of benzene rings is 2. The van der Waals surface area contributed by atoms with Gasteiger partial charge in [0.15, 0.2) is 0 Å². The molecule has 1 amide bonds. The number of nitrogens with one attached hydrogen (secondary N) is 2. The third kappa shape index (κ3) is 6.39. The van der Waals surface area contributed by atoms with Gasteiger partial charge in [-0.15, -0.1) is 0 Å². The van der Waals surface area contributed by atoms with Gasteiger partial charge in [-0.2, -0.15) is 0 Å². The maximum atomic E-state index is 12.6. The number of unbranched alkanes of at least 4 members (excludes halogenated alkanes) is 1. The Morgan fingerprint density at radius 3 is 2.46 bits per heavy atom. The van der Waals surface area contributed by atoms with Gasteiger partial charge in [0.25, 0.3) is 5.91 Å². The van der Waals surface area contributed by atoms with E-state index in [4.69, 9.17) is 4.74 Å². The Hall–Kier alpha value is -2.86. The number of aryl methyl sites for hydroxylation is 1. The van der Waals surface area contributed by atoms with Crippen molar-refractivity contribution in [1.29, 1.82) is 0 Å². The van der Waals surface area contributed by atoms with Crippen molar-refractivity contribution < 1.29 is 19.4 Å². The number of ether oxygens (including phenoxy) is 1. The maximum Gasteiger partial charge on any atom is 0.328 e. The van der Waals surface area contributed by atoms with Gasteiger partial charge in [-0.25, -0.2) is 4.79 Å². The minimum Gasteiger partial charge on any atom is -0.507 e. The molecule has 0 fully saturated rings. The van der Waals surface area contributed by atoms with Gasteiger partial charge in [-0.3, -0.25) is 4.79 Å². The van der Waals surface area contributed by atoms with Crippen LogP contribution in [-0.2, 0) is 22.4 Å². The molecule has 0 saturated carbocycles. The fourth-order valence-electron chi connectivity index (χ4n) is 2.98. The smallest absolute Gasteiger partial charge is 0.328 e. The second kappa shape index (κ2) is 11.1. The van der Waals surface area contributed by atoms with E-state index in [2.05, 4.69) is 10.6 Å². The van der Waals surface area contributed by atoms with Gasteiger partial charge in [0, 0.05) is 6.42 Å². The van der Waals surface area contributed by atoms with Crippen LogP contribution in [-0.4, -0.2) is 43.7 Å². The highest BCUT2D eigenvalue weighted by molar-refractivity contribution is 5.99. The summed E-state index contributed by atoms with van der Waals surface area (Å²) in [7, 11) is 3.20. The fraction of sp³-hybridized carbons (Fsp3) is 0.364. The average Bonchev–Trinajstić information content (AvgIpc) is 2.71. The van der Waals surface area contributed by atoms with E-state index in [0.29, 0.717) is 6.42 Å². The van der Waals surface area contributed by atoms with Gasteiger partial charge >= 0.3 is 5.97 Å². The molecule has 1 unspecified atom stereocenters. The van der Waals surface area contributed by atoms with Crippen LogP contribution in [0.25, 0.3) is 0 Å². The summed E-state index contributed by atoms with van der Waals surface area (Å²) < 4.78 is 4.81. The molecule has 0 aromatic heterocycles. The molecule has 150 valence electrons. The van der Waals surface area contributed by atoms with Gasteiger partial charge in [-0.1, -0.05) is 36.4 Å². The molecule has 0 aliphatic carbocycles. The van der Waals surface area contributed by atoms with Crippen LogP contribution in [0.4, 0.5) is 0 Å². The first-order chi connectivity index (χ1) is 13.5. The summed E-state index contributed by atoms with van der Waals surface area (Å²) in [6.45, 7) is 0.947. The summed E-state index contributed by atoms with van der Waals surface area (Å²) in [6.07, 6.45) is 3.17. The Labute approximate surface area is 165 Å². The predicted molar refractivity (Wildman–Crippen MR) is 108 cm³/mol. The molecule has 3 N–H and O–H groups in total. The number of phenolic OH excluding ortho intramolecular Hbond substituents is 1. The minimum absolute atomic E-state index is 0.0908. The average molecular weight is 384 g/mol. The molecular formula is C22H28N2O4. The van der Waals surface area contributed by atoms with E-state index >= 15 is 0 Å². The van der Waals surface area contributed by atoms with Gasteiger partial charge in [0.05, 0.1) is 12.7 Å². The second-order valence-corrected chi connectivity index (χ2v) is 6.65. The molecule has 2 rings (SSSR count). The molecule has 2 aromatic rings. The fourth-order valence-corrected chi connectivity index (χ4v) is 2.98. The Morgan fingerprint density at radius 1 is 1.07 bits per heavy atom. The van der Waals surface area contributed by atoms with E-state index in [1.54, 1.807) is 12.1 Å². The molecule has 6 nitrogen and oxygen atoms in total. The first-order valence-corrected chi connectivity index (χ1v) is 9.44. The van der Waals surface area contributed by atoms with Crippen LogP contribution >= 0.6 is 0 Å². The quantitative estimate of drug-likeness (QED) is 0.433. The highest BCUT2D eigenvalue weighted by Crippen LogP contribution is 2.20. The number of aromatic hydroxyl groups is 1. The Balaban J connectivity index is 2.04. The zero-order valence-electron chi connectivity index (χ0n) is 16.4. The number of carbonyl (C=O) groups is 2. The summed E-state index contributed by atoms with van der Waals surface area (Å²) in [5.74, 6) is -1.13. The number of hydrogen-bond acceptors (Lipinski definition) is 5. The van der Waals surface area contributed by atoms with Crippen LogP contribution in [0, 0.1) is 0 Å². The van der Waals surface area contributed by atoms with Crippen LogP contribution in [0.1, 0.15) is 34.3 Å². The van der Waals surface area contributed by atoms with Crippen LogP contribution in [0.5, 0.6) is 5.75 Å². The first kappa shape index (κ1) is 21.4. The summed E-state index contributed by atoms with van der Waals surface area (Å²) >= 11 is 0. The third-order valence-corrected chi connectivity index (χ3v) is 4.52. The van der Waals surface area contributed by atoms with E-state index in [1.807, 2.05) is 43.4 Å². The van der Waals surface area contributed by atoms with Gasteiger partial charge in [0.2, 0.25) is 0 Å². The lowest BCUT2D eigenvalue weighted by Crippen LogP contribution is -2.43. The molecule has 0 bridgehead atoms. The van der Waals surface area contributed by atoms with Crippen LogP contribution in [0.3, 0.4) is 0 Å². The molecule has 0 radical (unpaired) electrons. The normalized spacial score (nSPS) is 11.6. The van der Waals surface area contributed by atoms with E-state index in [1.165, 1.54) is 7.11 Å². The Bertz CT molecular complexity index is 777. The molecule has 0 aliphatic heterocycles. The van der Waals surface area contributed by atoms with Crippen LogP contribution < -0.4 is 10.6 Å². The molecule has 0 spiro atoms.